The Labute approximate surface area is 178 Å². The van der Waals surface area contributed by atoms with Crippen LogP contribution in [-0.2, 0) is 15.7 Å². The summed E-state index contributed by atoms with van der Waals surface area (Å²) in [6, 6.07) is 3.27. The van der Waals surface area contributed by atoms with Gasteiger partial charge in [0, 0.05) is 23.1 Å². The minimum Gasteiger partial charge on any atom is -0.463 e. The van der Waals surface area contributed by atoms with Crippen LogP contribution in [0.5, 0.6) is 0 Å². The van der Waals surface area contributed by atoms with Gasteiger partial charge in [0.2, 0.25) is 6.41 Å². The summed E-state index contributed by atoms with van der Waals surface area (Å²) in [5.74, 6) is -1.17. The molecule has 0 saturated carbocycles. The molecular weight excluding hydrogens is 441 g/mol. The molecular formula is C18H14ClF3N6O3. The van der Waals surface area contributed by atoms with E-state index in [1.54, 1.807) is 6.07 Å². The predicted octanol–water partition coefficient (Wildman–Crippen LogP) is 3.24. The Balaban J connectivity index is 2.12. The zero-order chi connectivity index (χ0) is 22.8. The van der Waals surface area contributed by atoms with Crippen molar-refractivity contribution in [3.8, 4) is 5.95 Å². The summed E-state index contributed by atoms with van der Waals surface area (Å²) < 4.78 is 45.3. The highest BCUT2D eigenvalue weighted by Crippen LogP contribution is 2.36. The maximum atomic E-state index is 13.2. The summed E-state index contributed by atoms with van der Waals surface area (Å²) in [4.78, 5) is 36.9. The molecule has 1 amide bonds. The van der Waals surface area contributed by atoms with Gasteiger partial charge in [-0.25, -0.2) is 19.7 Å². The van der Waals surface area contributed by atoms with Gasteiger partial charge in [-0.1, -0.05) is 11.6 Å². The smallest absolute Gasteiger partial charge is 0.416 e. The third-order valence-corrected chi connectivity index (χ3v) is 4.37. The molecule has 31 heavy (non-hydrogen) atoms. The van der Waals surface area contributed by atoms with Gasteiger partial charge in [0.25, 0.3) is 11.8 Å². The topological polar surface area (TPSA) is 103 Å². The molecule has 9 nitrogen and oxygen atoms in total. The van der Waals surface area contributed by atoms with E-state index in [-0.39, 0.29) is 28.3 Å². The van der Waals surface area contributed by atoms with Crippen molar-refractivity contribution in [2.75, 3.05) is 12.0 Å². The molecule has 0 aliphatic rings. The van der Waals surface area contributed by atoms with E-state index in [1.165, 1.54) is 25.4 Å². The SMILES string of the molecule is COC(=O)c1nc(C(C)N(C=O)c2cc(Cl)cc(C(F)(F)F)c2)n(-c2ncccn2)n1. The zero-order valence-electron chi connectivity index (χ0n) is 16.0. The van der Waals surface area contributed by atoms with Crippen LogP contribution in [0.1, 0.15) is 35.0 Å². The standard InChI is InChI=1S/C18H14ClF3N6O3/c1-10(27(9-29)13-7-11(18(20,21)22)6-12(19)8-13)15-25-14(16(30)31-2)26-28(15)17-23-4-3-5-24-17/h3-10H,1-2H3. The van der Waals surface area contributed by atoms with Gasteiger partial charge in [0.05, 0.1) is 18.7 Å². The molecule has 3 aromatic rings. The van der Waals surface area contributed by atoms with E-state index in [1.807, 2.05) is 0 Å². The second-order valence-corrected chi connectivity index (χ2v) is 6.57. The van der Waals surface area contributed by atoms with Gasteiger partial charge in [-0.2, -0.15) is 17.9 Å². The number of benzene rings is 1. The van der Waals surface area contributed by atoms with Gasteiger partial charge in [-0.3, -0.25) is 4.79 Å². The van der Waals surface area contributed by atoms with Gasteiger partial charge in [-0.05, 0) is 31.2 Å². The van der Waals surface area contributed by atoms with Crippen LogP contribution < -0.4 is 4.90 Å². The number of carbonyl (C=O) groups excluding carboxylic acids is 2. The second kappa shape index (κ2) is 8.68. The van der Waals surface area contributed by atoms with Crippen molar-refractivity contribution in [1.82, 2.24) is 24.7 Å². The average molecular weight is 455 g/mol. The van der Waals surface area contributed by atoms with Crippen molar-refractivity contribution in [3.05, 3.63) is 58.9 Å². The summed E-state index contributed by atoms with van der Waals surface area (Å²) >= 11 is 5.84. The minimum atomic E-state index is -4.67. The number of rotatable bonds is 6. The number of nitrogens with zero attached hydrogens (tertiary/aromatic N) is 6. The Morgan fingerprint density at radius 1 is 1.26 bits per heavy atom. The van der Waals surface area contributed by atoms with E-state index in [2.05, 4.69) is 24.8 Å². The molecule has 3 rings (SSSR count). The van der Waals surface area contributed by atoms with E-state index >= 15 is 0 Å². The van der Waals surface area contributed by atoms with Crippen molar-refractivity contribution in [2.45, 2.75) is 19.1 Å². The first kappa shape index (κ1) is 22.2. The van der Waals surface area contributed by atoms with Gasteiger partial charge >= 0.3 is 12.1 Å². The number of amides is 1. The van der Waals surface area contributed by atoms with Crippen molar-refractivity contribution in [2.24, 2.45) is 0 Å². The van der Waals surface area contributed by atoms with E-state index in [4.69, 9.17) is 11.6 Å². The summed E-state index contributed by atoms with van der Waals surface area (Å²) in [5.41, 5.74) is -1.16. The molecule has 0 aliphatic heterocycles. The summed E-state index contributed by atoms with van der Waals surface area (Å²) in [6.07, 6.45) is -1.52. The molecule has 0 radical (unpaired) electrons. The average Bonchev–Trinajstić information content (AvgIpc) is 3.19. The first-order valence-corrected chi connectivity index (χ1v) is 8.97. The lowest BCUT2D eigenvalue weighted by atomic mass is 10.1. The summed E-state index contributed by atoms with van der Waals surface area (Å²) in [7, 11) is 1.13. The number of anilines is 1. The van der Waals surface area contributed by atoms with Crippen molar-refractivity contribution >= 4 is 29.7 Å². The molecule has 162 valence electrons. The number of halogens is 4. The number of ether oxygens (including phenoxy) is 1. The molecule has 0 fully saturated rings. The van der Waals surface area contributed by atoms with Crippen LogP contribution in [-0.4, -0.2) is 44.2 Å². The van der Waals surface area contributed by atoms with Crippen molar-refractivity contribution in [1.29, 1.82) is 0 Å². The Morgan fingerprint density at radius 3 is 2.52 bits per heavy atom. The number of carbonyl (C=O) groups is 2. The fourth-order valence-corrected chi connectivity index (χ4v) is 2.94. The van der Waals surface area contributed by atoms with Gasteiger partial charge < -0.3 is 9.64 Å². The van der Waals surface area contributed by atoms with Crippen molar-refractivity contribution in [3.63, 3.8) is 0 Å². The Kier molecular flexibility index (Phi) is 6.20. The third-order valence-electron chi connectivity index (χ3n) is 4.15. The number of aromatic nitrogens is 5. The van der Waals surface area contributed by atoms with Gasteiger partial charge in [0.15, 0.2) is 5.82 Å². The predicted molar refractivity (Wildman–Crippen MR) is 102 cm³/mol. The van der Waals surface area contributed by atoms with Crippen LogP contribution in [0.2, 0.25) is 5.02 Å². The highest BCUT2D eigenvalue weighted by molar-refractivity contribution is 6.31. The summed E-state index contributed by atoms with van der Waals surface area (Å²) in [5, 5.41) is 3.80. The van der Waals surface area contributed by atoms with Crippen LogP contribution in [0.4, 0.5) is 18.9 Å². The lowest BCUT2D eigenvalue weighted by Crippen LogP contribution is -2.28. The molecule has 2 heterocycles. The number of hydrogen-bond donors (Lipinski definition) is 0. The molecule has 0 spiro atoms. The monoisotopic (exact) mass is 454 g/mol. The third kappa shape index (κ3) is 4.63. The normalized spacial score (nSPS) is 12.3. The number of esters is 1. The maximum Gasteiger partial charge on any atom is 0.416 e. The van der Waals surface area contributed by atoms with E-state index in [9.17, 15) is 22.8 Å². The molecule has 0 bridgehead atoms. The highest BCUT2D eigenvalue weighted by atomic mass is 35.5. The molecule has 0 saturated heterocycles. The highest BCUT2D eigenvalue weighted by Gasteiger charge is 2.33. The molecule has 0 N–H and O–H groups in total. The van der Waals surface area contributed by atoms with Gasteiger partial charge in [0.1, 0.15) is 0 Å². The lowest BCUT2D eigenvalue weighted by molar-refractivity contribution is -0.137. The fraction of sp³-hybridized carbons (Fsp3) is 0.222. The minimum absolute atomic E-state index is 0.00670. The summed E-state index contributed by atoms with van der Waals surface area (Å²) in [6.45, 7) is 1.48. The largest absolute Gasteiger partial charge is 0.463 e. The fourth-order valence-electron chi connectivity index (χ4n) is 2.71. The molecule has 2 aromatic heterocycles. The molecule has 1 unspecified atom stereocenters. The van der Waals surface area contributed by atoms with Crippen LogP contribution in [0, 0.1) is 0 Å². The zero-order valence-corrected chi connectivity index (χ0v) is 16.8. The molecule has 1 atom stereocenters. The Morgan fingerprint density at radius 2 is 1.94 bits per heavy atom. The maximum absolute atomic E-state index is 13.2. The second-order valence-electron chi connectivity index (χ2n) is 6.13. The quantitative estimate of drug-likeness (QED) is 0.416. The van der Waals surface area contributed by atoms with Crippen LogP contribution in [0.3, 0.4) is 0 Å². The van der Waals surface area contributed by atoms with E-state index in [0.717, 1.165) is 28.8 Å². The van der Waals surface area contributed by atoms with Crippen LogP contribution in [0.25, 0.3) is 5.95 Å². The van der Waals surface area contributed by atoms with Crippen LogP contribution >= 0.6 is 11.6 Å². The van der Waals surface area contributed by atoms with Gasteiger partial charge in [-0.15, -0.1) is 5.10 Å². The molecule has 1 aromatic carbocycles. The van der Waals surface area contributed by atoms with E-state index in [0.29, 0.717) is 6.41 Å². The lowest BCUT2D eigenvalue weighted by Gasteiger charge is -2.25. The number of alkyl halides is 3. The first-order valence-electron chi connectivity index (χ1n) is 8.59. The van der Waals surface area contributed by atoms with E-state index < -0.39 is 23.8 Å². The van der Waals surface area contributed by atoms with Crippen molar-refractivity contribution < 1.29 is 27.5 Å². The first-order chi connectivity index (χ1) is 14.7. The Bertz CT molecular complexity index is 1110. The molecule has 13 heteroatoms. The number of hydrogen-bond acceptors (Lipinski definition) is 7. The van der Waals surface area contributed by atoms with Crippen LogP contribution in [0.15, 0.2) is 36.7 Å². The molecule has 0 aliphatic carbocycles. The number of methoxy groups -OCH3 is 1. The Hall–Kier alpha value is -3.54.